The second kappa shape index (κ2) is 9.52. The van der Waals surface area contributed by atoms with E-state index in [1.807, 2.05) is 41.1 Å². The zero-order chi connectivity index (χ0) is 23.7. The fourth-order valence-corrected chi connectivity index (χ4v) is 4.77. The summed E-state index contributed by atoms with van der Waals surface area (Å²) in [4.78, 5) is 22.5. The lowest BCUT2D eigenvalue weighted by Gasteiger charge is -2.27. The molecule has 0 amide bonds. The first kappa shape index (κ1) is 22.5. The summed E-state index contributed by atoms with van der Waals surface area (Å²) in [6, 6.07) is 13.1. The van der Waals surface area contributed by atoms with Crippen LogP contribution >= 0.6 is 23.2 Å². The van der Waals surface area contributed by atoms with Crippen LogP contribution in [0.2, 0.25) is 10.0 Å². The molecule has 4 aromatic rings. The van der Waals surface area contributed by atoms with Crippen LogP contribution in [0.5, 0.6) is 5.75 Å². The van der Waals surface area contributed by atoms with E-state index >= 15 is 0 Å². The number of benzene rings is 2. The minimum atomic E-state index is -0.888. The third-order valence-corrected chi connectivity index (χ3v) is 6.83. The molecule has 2 aromatic heterocycles. The predicted octanol–water partition coefficient (Wildman–Crippen LogP) is 5.40. The number of rotatable bonds is 7. The Balaban J connectivity index is 1.48. The summed E-state index contributed by atoms with van der Waals surface area (Å²) < 4.78 is 8.04. The standard InChI is InChI=1S/C25H22Cl2N4O3/c26-19-8-7-18-20(30-11-9-28-15-30)13-22(29-25(18)24(19)27)31-10-3-5-17(31)14-34-21-6-2-1-4-16(21)12-23(32)33/h1-2,4,6-9,11,13,15,17H,3,5,10,12,14H2,(H,32,33)/t17-/m0/s1. The van der Waals surface area contributed by atoms with Crippen molar-refractivity contribution in [1.29, 1.82) is 0 Å². The number of hydrogen-bond donors (Lipinski definition) is 1. The van der Waals surface area contributed by atoms with Crippen LogP contribution in [-0.2, 0) is 11.2 Å². The fourth-order valence-electron chi connectivity index (χ4n) is 4.42. The van der Waals surface area contributed by atoms with Gasteiger partial charge in [-0.1, -0.05) is 41.4 Å². The molecule has 7 nitrogen and oxygen atoms in total. The molecule has 0 unspecified atom stereocenters. The Morgan fingerprint density at radius 1 is 1.21 bits per heavy atom. The molecule has 1 aliphatic heterocycles. The molecular formula is C25H22Cl2N4O3. The maximum absolute atomic E-state index is 11.2. The Morgan fingerprint density at radius 3 is 2.85 bits per heavy atom. The lowest BCUT2D eigenvalue weighted by molar-refractivity contribution is -0.136. The average Bonchev–Trinajstić information content (AvgIpc) is 3.52. The predicted molar refractivity (Wildman–Crippen MR) is 133 cm³/mol. The largest absolute Gasteiger partial charge is 0.491 e. The average molecular weight is 497 g/mol. The van der Waals surface area contributed by atoms with Crippen LogP contribution in [0.4, 0.5) is 5.82 Å². The second-order valence-corrected chi connectivity index (χ2v) is 8.99. The number of ether oxygens (including phenoxy) is 1. The van der Waals surface area contributed by atoms with Gasteiger partial charge in [0.05, 0.1) is 40.0 Å². The van der Waals surface area contributed by atoms with Gasteiger partial charge in [-0.3, -0.25) is 4.79 Å². The maximum atomic E-state index is 11.2. The van der Waals surface area contributed by atoms with Gasteiger partial charge >= 0.3 is 5.97 Å². The van der Waals surface area contributed by atoms with Gasteiger partial charge < -0.3 is 19.3 Å². The van der Waals surface area contributed by atoms with Gasteiger partial charge in [-0.25, -0.2) is 9.97 Å². The monoisotopic (exact) mass is 496 g/mol. The molecular weight excluding hydrogens is 475 g/mol. The van der Waals surface area contributed by atoms with Crippen LogP contribution in [0.1, 0.15) is 18.4 Å². The van der Waals surface area contributed by atoms with Gasteiger partial charge in [0, 0.05) is 36.0 Å². The number of fused-ring (bicyclic) bond motifs is 1. The SMILES string of the molecule is O=C(O)Cc1ccccc1OC[C@@H]1CCCN1c1cc(-n2ccnc2)c2ccc(Cl)c(Cl)c2n1. The highest BCUT2D eigenvalue weighted by atomic mass is 35.5. The van der Waals surface area contributed by atoms with E-state index in [0.29, 0.717) is 33.5 Å². The normalized spacial score (nSPS) is 15.7. The smallest absolute Gasteiger partial charge is 0.307 e. The molecule has 0 bridgehead atoms. The van der Waals surface area contributed by atoms with Crippen LogP contribution in [0.15, 0.2) is 61.2 Å². The summed E-state index contributed by atoms with van der Waals surface area (Å²) in [5.74, 6) is 0.490. The first-order valence-corrected chi connectivity index (χ1v) is 11.7. The number of para-hydroxylation sites is 1. The number of pyridine rings is 1. The zero-order valence-electron chi connectivity index (χ0n) is 18.2. The van der Waals surface area contributed by atoms with E-state index in [-0.39, 0.29) is 12.5 Å². The molecule has 0 radical (unpaired) electrons. The van der Waals surface area contributed by atoms with Crippen molar-refractivity contribution in [3.05, 3.63) is 76.8 Å². The second-order valence-electron chi connectivity index (χ2n) is 8.21. The van der Waals surface area contributed by atoms with Crippen molar-refractivity contribution in [1.82, 2.24) is 14.5 Å². The molecule has 1 fully saturated rings. The highest BCUT2D eigenvalue weighted by Gasteiger charge is 2.28. The number of anilines is 1. The van der Waals surface area contributed by atoms with E-state index in [0.717, 1.165) is 36.3 Å². The van der Waals surface area contributed by atoms with Gasteiger partial charge in [0.2, 0.25) is 0 Å². The third-order valence-electron chi connectivity index (χ3n) is 6.04. The lowest BCUT2D eigenvalue weighted by Crippen LogP contribution is -2.35. The number of carboxylic acid groups (broad SMARTS) is 1. The number of nitrogens with zero attached hydrogens (tertiary/aromatic N) is 4. The Labute approximate surface area is 206 Å². The van der Waals surface area contributed by atoms with Gasteiger partial charge in [0.25, 0.3) is 0 Å². The summed E-state index contributed by atoms with van der Waals surface area (Å²) >= 11 is 12.9. The van der Waals surface area contributed by atoms with Crippen molar-refractivity contribution in [3.63, 3.8) is 0 Å². The van der Waals surface area contributed by atoms with Gasteiger partial charge in [-0.15, -0.1) is 0 Å². The van der Waals surface area contributed by atoms with Crippen molar-refractivity contribution in [2.24, 2.45) is 0 Å². The maximum Gasteiger partial charge on any atom is 0.307 e. The Morgan fingerprint density at radius 2 is 2.06 bits per heavy atom. The fraction of sp³-hybridized carbons (Fsp3) is 0.240. The van der Waals surface area contributed by atoms with Gasteiger partial charge in [0.15, 0.2) is 0 Å². The molecule has 1 N–H and O–H groups in total. The minimum Gasteiger partial charge on any atom is -0.491 e. The number of halogens is 2. The van der Waals surface area contributed by atoms with E-state index in [1.165, 1.54) is 0 Å². The van der Waals surface area contributed by atoms with Gasteiger partial charge in [-0.2, -0.15) is 0 Å². The number of aliphatic carboxylic acids is 1. The topological polar surface area (TPSA) is 80.5 Å². The Kier molecular flexibility index (Phi) is 6.30. The molecule has 3 heterocycles. The summed E-state index contributed by atoms with van der Waals surface area (Å²) in [6.45, 7) is 1.24. The van der Waals surface area contributed by atoms with Crippen molar-refractivity contribution < 1.29 is 14.6 Å². The van der Waals surface area contributed by atoms with Crippen LogP contribution in [0, 0.1) is 0 Å². The number of hydrogen-bond acceptors (Lipinski definition) is 5. The number of imidazole rings is 1. The molecule has 1 aliphatic rings. The van der Waals surface area contributed by atoms with Crippen LogP contribution in [0.25, 0.3) is 16.6 Å². The minimum absolute atomic E-state index is 0.0791. The number of aromatic nitrogens is 3. The zero-order valence-corrected chi connectivity index (χ0v) is 19.7. The van der Waals surface area contributed by atoms with E-state index in [9.17, 15) is 9.90 Å². The van der Waals surface area contributed by atoms with Crippen LogP contribution in [-0.4, -0.2) is 44.8 Å². The van der Waals surface area contributed by atoms with E-state index in [2.05, 4.69) is 9.88 Å². The van der Waals surface area contributed by atoms with Gasteiger partial charge in [0.1, 0.15) is 18.2 Å². The Bertz CT molecular complexity index is 1340. The molecule has 174 valence electrons. The van der Waals surface area contributed by atoms with E-state index in [1.54, 1.807) is 24.7 Å². The number of carboxylic acids is 1. The first-order valence-electron chi connectivity index (χ1n) is 11.0. The van der Waals surface area contributed by atoms with Crippen LogP contribution in [0.3, 0.4) is 0 Å². The highest BCUT2D eigenvalue weighted by Crippen LogP contribution is 2.36. The molecule has 5 rings (SSSR count). The molecule has 0 aliphatic carbocycles. The van der Waals surface area contributed by atoms with E-state index < -0.39 is 5.97 Å². The van der Waals surface area contributed by atoms with Crippen molar-refractivity contribution in [2.75, 3.05) is 18.1 Å². The first-order chi connectivity index (χ1) is 16.5. The molecule has 0 spiro atoms. The van der Waals surface area contributed by atoms with E-state index in [4.69, 9.17) is 32.9 Å². The van der Waals surface area contributed by atoms with Crippen molar-refractivity contribution in [2.45, 2.75) is 25.3 Å². The van der Waals surface area contributed by atoms with Crippen molar-refractivity contribution in [3.8, 4) is 11.4 Å². The van der Waals surface area contributed by atoms with Crippen LogP contribution < -0.4 is 9.64 Å². The summed E-state index contributed by atoms with van der Waals surface area (Å²) in [5, 5.41) is 10.9. The van der Waals surface area contributed by atoms with Crippen molar-refractivity contribution >= 4 is 45.9 Å². The third kappa shape index (κ3) is 4.41. The molecule has 1 atom stereocenters. The van der Waals surface area contributed by atoms with Gasteiger partial charge in [-0.05, 0) is 31.0 Å². The molecule has 9 heteroatoms. The summed E-state index contributed by atoms with van der Waals surface area (Å²) in [6.07, 6.45) is 7.20. The highest BCUT2D eigenvalue weighted by molar-refractivity contribution is 6.45. The molecule has 2 aromatic carbocycles. The quantitative estimate of drug-likeness (QED) is 0.368. The molecule has 1 saturated heterocycles. The molecule has 0 saturated carbocycles. The summed E-state index contributed by atoms with van der Waals surface area (Å²) in [7, 11) is 0. The lowest BCUT2D eigenvalue weighted by atomic mass is 10.1. The summed E-state index contributed by atoms with van der Waals surface area (Å²) in [5.41, 5.74) is 2.20. The number of carbonyl (C=O) groups is 1. The molecule has 34 heavy (non-hydrogen) atoms. The Hall–Kier alpha value is -3.29.